The van der Waals surface area contributed by atoms with Crippen molar-refractivity contribution in [1.82, 2.24) is 9.21 Å². The van der Waals surface area contributed by atoms with E-state index in [-0.39, 0.29) is 11.7 Å². The van der Waals surface area contributed by atoms with Crippen molar-refractivity contribution in [3.8, 4) is 0 Å². The monoisotopic (exact) mass is 352 g/mol. The lowest BCUT2D eigenvalue weighted by molar-refractivity contribution is -0.131. The molecule has 0 radical (unpaired) electrons. The van der Waals surface area contributed by atoms with Crippen molar-refractivity contribution < 1.29 is 13.2 Å². The number of piperazine rings is 1. The van der Waals surface area contributed by atoms with Crippen LogP contribution >= 0.6 is 0 Å². The van der Waals surface area contributed by atoms with E-state index < -0.39 is 10.0 Å². The zero-order valence-electron chi connectivity index (χ0n) is 14.9. The quantitative estimate of drug-likeness (QED) is 0.788. The van der Waals surface area contributed by atoms with Crippen LogP contribution in [0.4, 0.5) is 0 Å². The number of sulfonamides is 1. The SMILES string of the molecule is CCCCS(=O)(=O)N1CCN(C(=O)Cc2ccc(C)cc2C)CC1. The van der Waals surface area contributed by atoms with E-state index in [1.807, 2.05) is 32.9 Å². The Morgan fingerprint density at radius 1 is 1.12 bits per heavy atom. The standard InChI is InChI=1S/C18H28N2O3S/c1-4-5-12-24(22,23)20-10-8-19(9-11-20)18(21)14-17-7-6-15(2)13-16(17)3/h6-7,13H,4-5,8-12,14H2,1-3H3. The molecule has 0 bridgehead atoms. The van der Waals surface area contributed by atoms with Crippen LogP contribution in [-0.2, 0) is 21.2 Å². The number of carbonyl (C=O) groups excluding carboxylic acids is 1. The van der Waals surface area contributed by atoms with Crippen LogP contribution in [0.3, 0.4) is 0 Å². The molecule has 1 aromatic rings. The van der Waals surface area contributed by atoms with Crippen molar-refractivity contribution in [3.63, 3.8) is 0 Å². The topological polar surface area (TPSA) is 57.7 Å². The van der Waals surface area contributed by atoms with Crippen molar-refractivity contribution in [2.24, 2.45) is 0 Å². The second kappa shape index (κ2) is 8.12. The normalized spacial score (nSPS) is 16.4. The highest BCUT2D eigenvalue weighted by Gasteiger charge is 2.28. The molecule has 0 spiro atoms. The molecule has 0 aliphatic carbocycles. The second-order valence-corrected chi connectivity index (χ2v) is 8.64. The third kappa shape index (κ3) is 4.80. The Labute approximate surface area is 145 Å². The van der Waals surface area contributed by atoms with Gasteiger partial charge in [-0.05, 0) is 31.4 Å². The molecular formula is C18H28N2O3S. The third-order valence-electron chi connectivity index (χ3n) is 4.58. The van der Waals surface area contributed by atoms with Crippen molar-refractivity contribution in [2.45, 2.75) is 40.0 Å². The summed E-state index contributed by atoms with van der Waals surface area (Å²) >= 11 is 0. The van der Waals surface area contributed by atoms with E-state index in [1.165, 1.54) is 9.87 Å². The van der Waals surface area contributed by atoms with Crippen LogP contribution in [0.25, 0.3) is 0 Å². The van der Waals surface area contributed by atoms with Crippen LogP contribution in [0.2, 0.25) is 0 Å². The Morgan fingerprint density at radius 3 is 2.38 bits per heavy atom. The van der Waals surface area contributed by atoms with E-state index >= 15 is 0 Å². The maximum atomic E-state index is 12.5. The molecular weight excluding hydrogens is 324 g/mol. The van der Waals surface area contributed by atoms with Gasteiger partial charge < -0.3 is 4.90 Å². The number of aryl methyl sites for hydroxylation is 2. The molecule has 0 atom stereocenters. The molecule has 1 saturated heterocycles. The third-order valence-corrected chi connectivity index (χ3v) is 6.54. The summed E-state index contributed by atoms with van der Waals surface area (Å²) in [6, 6.07) is 6.11. The van der Waals surface area contributed by atoms with Gasteiger partial charge in [0.25, 0.3) is 0 Å². The minimum atomic E-state index is -3.17. The highest BCUT2D eigenvalue weighted by Crippen LogP contribution is 2.15. The lowest BCUT2D eigenvalue weighted by Crippen LogP contribution is -2.51. The number of carbonyl (C=O) groups is 1. The average molecular weight is 353 g/mol. The summed E-state index contributed by atoms with van der Waals surface area (Å²) in [7, 11) is -3.17. The first kappa shape index (κ1) is 18.9. The molecule has 2 rings (SSSR count). The Bertz CT molecular complexity index is 678. The van der Waals surface area contributed by atoms with Gasteiger partial charge in [-0.25, -0.2) is 8.42 Å². The summed E-state index contributed by atoms with van der Waals surface area (Å²) in [6.45, 7) is 7.82. The van der Waals surface area contributed by atoms with Crippen molar-refractivity contribution in [1.29, 1.82) is 0 Å². The van der Waals surface area contributed by atoms with Crippen molar-refractivity contribution in [2.75, 3.05) is 31.9 Å². The van der Waals surface area contributed by atoms with Gasteiger partial charge in [-0.3, -0.25) is 4.79 Å². The van der Waals surface area contributed by atoms with Crippen molar-refractivity contribution >= 4 is 15.9 Å². The first-order chi connectivity index (χ1) is 11.3. The van der Waals surface area contributed by atoms with E-state index in [0.29, 0.717) is 39.0 Å². The van der Waals surface area contributed by atoms with Gasteiger partial charge in [-0.2, -0.15) is 4.31 Å². The van der Waals surface area contributed by atoms with Gasteiger partial charge in [-0.15, -0.1) is 0 Å². The minimum absolute atomic E-state index is 0.0764. The molecule has 6 heteroatoms. The first-order valence-electron chi connectivity index (χ1n) is 8.65. The summed E-state index contributed by atoms with van der Waals surface area (Å²) in [5.74, 6) is 0.285. The van der Waals surface area contributed by atoms with Gasteiger partial charge >= 0.3 is 0 Å². The summed E-state index contributed by atoms with van der Waals surface area (Å²) in [5, 5.41) is 0. The summed E-state index contributed by atoms with van der Waals surface area (Å²) in [5.41, 5.74) is 3.36. The number of unbranched alkanes of at least 4 members (excludes halogenated alkanes) is 1. The summed E-state index contributed by atoms with van der Waals surface area (Å²) < 4.78 is 26.0. The Balaban J connectivity index is 1.91. The Morgan fingerprint density at radius 2 is 1.79 bits per heavy atom. The molecule has 5 nitrogen and oxygen atoms in total. The second-order valence-electron chi connectivity index (χ2n) is 6.56. The van der Waals surface area contributed by atoms with E-state index in [1.54, 1.807) is 4.90 Å². The van der Waals surface area contributed by atoms with Crippen LogP contribution in [0, 0.1) is 13.8 Å². The molecule has 1 amide bonds. The number of rotatable bonds is 6. The maximum absolute atomic E-state index is 12.5. The molecule has 24 heavy (non-hydrogen) atoms. The predicted octanol–water partition coefficient (Wildman–Crippen LogP) is 2.12. The molecule has 1 aromatic carbocycles. The smallest absolute Gasteiger partial charge is 0.227 e. The van der Waals surface area contributed by atoms with E-state index in [2.05, 4.69) is 6.07 Å². The molecule has 0 unspecified atom stereocenters. The van der Waals surface area contributed by atoms with Crippen molar-refractivity contribution in [3.05, 3.63) is 34.9 Å². The Kier molecular flexibility index (Phi) is 6.40. The van der Waals surface area contributed by atoms with Gasteiger partial charge in [0.1, 0.15) is 0 Å². The van der Waals surface area contributed by atoms with Gasteiger partial charge in [0.15, 0.2) is 0 Å². The molecule has 0 saturated carbocycles. The minimum Gasteiger partial charge on any atom is -0.340 e. The maximum Gasteiger partial charge on any atom is 0.227 e. The van der Waals surface area contributed by atoms with E-state index in [0.717, 1.165) is 17.5 Å². The molecule has 1 aliphatic heterocycles. The predicted molar refractivity (Wildman–Crippen MR) is 96.5 cm³/mol. The van der Waals surface area contributed by atoms with E-state index in [9.17, 15) is 13.2 Å². The first-order valence-corrected chi connectivity index (χ1v) is 10.3. The zero-order valence-corrected chi connectivity index (χ0v) is 15.7. The number of hydrogen-bond acceptors (Lipinski definition) is 3. The number of benzene rings is 1. The van der Waals surface area contributed by atoms with E-state index in [4.69, 9.17) is 0 Å². The summed E-state index contributed by atoms with van der Waals surface area (Å²) in [4.78, 5) is 14.3. The van der Waals surface area contributed by atoms with Gasteiger partial charge in [0.2, 0.25) is 15.9 Å². The van der Waals surface area contributed by atoms with Gasteiger partial charge in [0.05, 0.1) is 12.2 Å². The van der Waals surface area contributed by atoms with Gasteiger partial charge in [-0.1, -0.05) is 37.1 Å². The largest absolute Gasteiger partial charge is 0.340 e. The van der Waals surface area contributed by atoms with Crippen LogP contribution in [0.1, 0.15) is 36.5 Å². The number of hydrogen-bond donors (Lipinski definition) is 0. The highest BCUT2D eigenvalue weighted by atomic mass is 32.2. The molecule has 1 aliphatic rings. The average Bonchev–Trinajstić information content (AvgIpc) is 2.55. The lowest BCUT2D eigenvalue weighted by Gasteiger charge is -2.34. The molecule has 134 valence electrons. The summed E-state index contributed by atoms with van der Waals surface area (Å²) in [6.07, 6.45) is 1.94. The van der Waals surface area contributed by atoms with Crippen LogP contribution in [0.5, 0.6) is 0 Å². The van der Waals surface area contributed by atoms with Gasteiger partial charge in [0, 0.05) is 26.2 Å². The molecule has 1 heterocycles. The number of nitrogens with zero attached hydrogens (tertiary/aromatic N) is 2. The fourth-order valence-corrected chi connectivity index (χ4v) is 4.62. The molecule has 0 N–H and O–H groups in total. The van der Waals surface area contributed by atoms with Crippen LogP contribution in [0.15, 0.2) is 18.2 Å². The Hall–Kier alpha value is -1.40. The van der Waals surface area contributed by atoms with Crippen LogP contribution < -0.4 is 0 Å². The molecule has 1 fully saturated rings. The lowest BCUT2D eigenvalue weighted by atomic mass is 10.0. The van der Waals surface area contributed by atoms with Crippen LogP contribution in [-0.4, -0.2) is 55.5 Å². The fourth-order valence-electron chi connectivity index (χ4n) is 2.99. The number of amides is 1. The molecule has 0 aromatic heterocycles. The zero-order chi connectivity index (χ0) is 17.7. The highest BCUT2D eigenvalue weighted by molar-refractivity contribution is 7.89. The fraction of sp³-hybridized carbons (Fsp3) is 0.611.